The monoisotopic (exact) mass is 292 g/mol. The molecule has 2 fully saturated rings. The Kier molecular flexibility index (Phi) is 4.14. The van der Waals surface area contributed by atoms with Crippen molar-refractivity contribution in [1.29, 1.82) is 0 Å². The van der Waals surface area contributed by atoms with Crippen molar-refractivity contribution in [3.05, 3.63) is 12.7 Å². The second kappa shape index (κ2) is 6.21. The average molecular weight is 292 g/mol. The molecule has 8 heteroatoms. The van der Waals surface area contributed by atoms with Crippen LogP contribution in [-0.2, 0) is 16.1 Å². The van der Waals surface area contributed by atoms with Gasteiger partial charge in [-0.1, -0.05) is 0 Å². The van der Waals surface area contributed by atoms with Gasteiger partial charge in [-0.15, -0.1) is 0 Å². The Balaban J connectivity index is 1.64. The van der Waals surface area contributed by atoms with Crippen molar-refractivity contribution in [3.8, 4) is 0 Å². The first-order valence-corrected chi connectivity index (χ1v) is 7.37. The number of amides is 2. The minimum absolute atomic E-state index is 0.0634. The summed E-state index contributed by atoms with van der Waals surface area (Å²) in [5, 5.41) is 7.17. The molecule has 2 aliphatic rings. The van der Waals surface area contributed by atoms with Gasteiger partial charge in [-0.25, -0.2) is 9.67 Å². The largest absolute Gasteiger partial charge is 0.338 e. The van der Waals surface area contributed by atoms with E-state index in [0.717, 1.165) is 39.0 Å². The number of nitrogens with zero attached hydrogens (tertiary/aromatic N) is 5. The molecular weight excluding hydrogens is 272 g/mol. The summed E-state index contributed by atoms with van der Waals surface area (Å²) >= 11 is 0. The highest BCUT2D eigenvalue weighted by molar-refractivity contribution is 5.88. The first-order valence-electron chi connectivity index (χ1n) is 7.37. The molecule has 1 aromatic rings. The normalized spacial score (nSPS) is 22.6. The van der Waals surface area contributed by atoms with Gasteiger partial charge < -0.3 is 15.1 Å². The highest BCUT2D eigenvalue weighted by Crippen LogP contribution is 2.20. The van der Waals surface area contributed by atoms with Crippen LogP contribution < -0.4 is 5.32 Å². The van der Waals surface area contributed by atoms with E-state index < -0.39 is 0 Å². The maximum absolute atomic E-state index is 12.6. The van der Waals surface area contributed by atoms with Crippen LogP contribution in [0, 0.1) is 0 Å². The molecule has 1 N–H and O–H groups in total. The van der Waals surface area contributed by atoms with Crippen LogP contribution in [0.3, 0.4) is 0 Å². The molecular formula is C13H20N6O2. The third-order valence-corrected chi connectivity index (χ3v) is 4.05. The van der Waals surface area contributed by atoms with Gasteiger partial charge >= 0.3 is 0 Å². The van der Waals surface area contributed by atoms with Crippen LogP contribution in [-0.4, -0.2) is 75.1 Å². The molecule has 21 heavy (non-hydrogen) atoms. The van der Waals surface area contributed by atoms with Crippen LogP contribution in [0.25, 0.3) is 0 Å². The molecule has 0 saturated carbocycles. The number of carbonyl (C=O) groups excluding carboxylic acids is 2. The van der Waals surface area contributed by atoms with Gasteiger partial charge in [0.05, 0.1) is 0 Å². The van der Waals surface area contributed by atoms with Gasteiger partial charge in [0.15, 0.2) is 0 Å². The van der Waals surface area contributed by atoms with E-state index in [9.17, 15) is 9.59 Å². The van der Waals surface area contributed by atoms with Gasteiger partial charge in [-0.3, -0.25) is 9.59 Å². The Bertz CT molecular complexity index is 497. The van der Waals surface area contributed by atoms with Crippen molar-refractivity contribution in [2.75, 3.05) is 32.7 Å². The lowest BCUT2D eigenvalue weighted by Crippen LogP contribution is -2.53. The van der Waals surface area contributed by atoms with E-state index in [1.807, 2.05) is 4.90 Å². The minimum Gasteiger partial charge on any atom is -0.338 e. The molecule has 2 amide bonds. The SMILES string of the molecule is O=C(C1CCCN1C(=O)Cn1cncn1)N1CCNCC1. The summed E-state index contributed by atoms with van der Waals surface area (Å²) in [6.45, 7) is 3.89. The molecule has 1 unspecified atom stereocenters. The second-order valence-corrected chi connectivity index (χ2v) is 5.41. The smallest absolute Gasteiger partial charge is 0.245 e. The molecule has 0 aliphatic carbocycles. The fourth-order valence-corrected chi connectivity index (χ4v) is 2.96. The van der Waals surface area contributed by atoms with Crippen molar-refractivity contribution in [1.82, 2.24) is 29.9 Å². The first-order chi connectivity index (χ1) is 10.3. The van der Waals surface area contributed by atoms with Gasteiger partial charge in [-0.2, -0.15) is 5.10 Å². The number of hydrogen-bond donors (Lipinski definition) is 1. The maximum Gasteiger partial charge on any atom is 0.245 e. The number of aromatic nitrogens is 3. The van der Waals surface area contributed by atoms with Crippen molar-refractivity contribution in [2.45, 2.75) is 25.4 Å². The van der Waals surface area contributed by atoms with Gasteiger partial charge in [0.1, 0.15) is 25.2 Å². The van der Waals surface area contributed by atoms with Gasteiger partial charge in [0.25, 0.3) is 0 Å². The molecule has 1 atom stereocenters. The summed E-state index contributed by atoms with van der Waals surface area (Å²) < 4.78 is 1.49. The molecule has 0 spiro atoms. The van der Waals surface area contributed by atoms with E-state index in [-0.39, 0.29) is 24.4 Å². The molecule has 2 saturated heterocycles. The number of rotatable bonds is 3. The first kappa shape index (κ1) is 14.0. The quantitative estimate of drug-likeness (QED) is 0.749. The molecule has 3 heterocycles. The summed E-state index contributed by atoms with van der Waals surface area (Å²) in [4.78, 5) is 32.3. The average Bonchev–Trinajstić information content (AvgIpc) is 3.18. The van der Waals surface area contributed by atoms with Crippen molar-refractivity contribution in [2.24, 2.45) is 0 Å². The van der Waals surface area contributed by atoms with Gasteiger partial charge in [0, 0.05) is 32.7 Å². The van der Waals surface area contributed by atoms with Crippen LogP contribution >= 0.6 is 0 Å². The predicted molar refractivity (Wildman–Crippen MR) is 74.2 cm³/mol. The van der Waals surface area contributed by atoms with Crippen LogP contribution in [0.4, 0.5) is 0 Å². The van der Waals surface area contributed by atoms with Crippen molar-refractivity contribution >= 4 is 11.8 Å². The Hall–Kier alpha value is -1.96. The van der Waals surface area contributed by atoms with E-state index in [2.05, 4.69) is 15.4 Å². The van der Waals surface area contributed by atoms with E-state index in [1.165, 1.54) is 17.3 Å². The molecule has 8 nitrogen and oxygen atoms in total. The number of carbonyl (C=O) groups is 2. The summed E-state index contributed by atoms with van der Waals surface area (Å²) in [7, 11) is 0. The Morgan fingerprint density at radius 2 is 2.05 bits per heavy atom. The zero-order valence-electron chi connectivity index (χ0n) is 11.9. The molecule has 0 bridgehead atoms. The second-order valence-electron chi connectivity index (χ2n) is 5.41. The third kappa shape index (κ3) is 3.05. The fraction of sp³-hybridized carbons (Fsp3) is 0.692. The van der Waals surface area contributed by atoms with Gasteiger partial charge in [-0.05, 0) is 12.8 Å². The third-order valence-electron chi connectivity index (χ3n) is 4.05. The van der Waals surface area contributed by atoms with Gasteiger partial charge in [0.2, 0.25) is 11.8 Å². The molecule has 1 aromatic heterocycles. The number of hydrogen-bond acceptors (Lipinski definition) is 5. The lowest BCUT2D eigenvalue weighted by Gasteiger charge is -2.32. The molecule has 3 rings (SSSR count). The summed E-state index contributed by atoms with van der Waals surface area (Å²) in [5.74, 6) is 0.0208. The van der Waals surface area contributed by atoms with Crippen LogP contribution in [0.5, 0.6) is 0 Å². The number of likely N-dealkylation sites (tertiary alicyclic amines) is 1. The Labute approximate surface area is 123 Å². The van der Waals surface area contributed by atoms with Crippen molar-refractivity contribution in [3.63, 3.8) is 0 Å². The molecule has 0 radical (unpaired) electrons. The van der Waals surface area contributed by atoms with E-state index >= 15 is 0 Å². The topological polar surface area (TPSA) is 83.4 Å². The Morgan fingerprint density at radius 3 is 2.76 bits per heavy atom. The van der Waals surface area contributed by atoms with E-state index in [1.54, 1.807) is 4.90 Å². The summed E-state index contributed by atoms with van der Waals surface area (Å²) in [5.41, 5.74) is 0. The highest BCUT2D eigenvalue weighted by atomic mass is 16.2. The molecule has 114 valence electrons. The highest BCUT2D eigenvalue weighted by Gasteiger charge is 2.36. The lowest BCUT2D eigenvalue weighted by molar-refractivity contribution is -0.144. The lowest BCUT2D eigenvalue weighted by atomic mass is 10.1. The number of piperazine rings is 1. The van der Waals surface area contributed by atoms with Crippen LogP contribution in [0.15, 0.2) is 12.7 Å². The minimum atomic E-state index is -0.306. The Morgan fingerprint density at radius 1 is 1.24 bits per heavy atom. The zero-order valence-corrected chi connectivity index (χ0v) is 11.9. The summed E-state index contributed by atoms with van der Waals surface area (Å²) in [6.07, 6.45) is 4.55. The standard InChI is InChI=1S/C13H20N6O2/c20-12(8-18-10-15-9-16-18)19-5-1-2-11(19)13(21)17-6-3-14-4-7-17/h9-11,14H,1-8H2. The maximum atomic E-state index is 12.6. The van der Waals surface area contributed by atoms with E-state index in [0.29, 0.717) is 6.54 Å². The molecule has 0 aromatic carbocycles. The van der Waals surface area contributed by atoms with Crippen LogP contribution in [0.2, 0.25) is 0 Å². The summed E-state index contributed by atoms with van der Waals surface area (Å²) in [6, 6.07) is -0.306. The zero-order chi connectivity index (χ0) is 14.7. The number of nitrogens with one attached hydrogen (secondary N) is 1. The molecule has 2 aliphatic heterocycles. The van der Waals surface area contributed by atoms with Crippen molar-refractivity contribution < 1.29 is 9.59 Å². The predicted octanol–water partition coefficient (Wildman–Crippen LogP) is -1.30. The fourth-order valence-electron chi connectivity index (χ4n) is 2.96. The van der Waals surface area contributed by atoms with Crippen LogP contribution in [0.1, 0.15) is 12.8 Å². The van der Waals surface area contributed by atoms with E-state index in [4.69, 9.17) is 0 Å².